The number of thiophene rings is 1. The molecule has 2 heterocycles. The molecule has 21 heavy (non-hydrogen) atoms. The molecule has 0 fully saturated rings. The Morgan fingerprint density at radius 3 is 2.90 bits per heavy atom. The van der Waals surface area contributed by atoms with Crippen molar-refractivity contribution in [2.45, 2.75) is 39.2 Å². The van der Waals surface area contributed by atoms with E-state index in [1.165, 1.54) is 11.1 Å². The Balaban J connectivity index is 1.89. The standard InChI is InChI=1S/C16H18N2O2S/c1-10-8-21-9-12(10)7-17-15-13(16(19)20)6-11-4-2-3-5-14(11)18-15/h6,8-9H,2-5,7H2,1H3,(H,17,18)(H,19,20). The first kappa shape index (κ1) is 14.1. The van der Waals surface area contributed by atoms with E-state index in [2.05, 4.69) is 28.0 Å². The van der Waals surface area contributed by atoms with Gasteiger partial charge in [-0.25, -0.2) is 9.78 Å². The Hall–Kier alpha value is -1.88. The Kier molecular flexibility index (Phi) is 3.92. The lowest BCUT2D eigenvalue weighted by Gasteiger charge is -2.18. The summed E-state index contributed by atoms with van der Waals surface area (Å²) in [7, 11) is 0. The molecule has 0 amide bonds. The van der Waals surface area contributed by atoms with Crippen LogP contribution in [0.15, 0.2) is 16.8 Å². The maximum absolute atomic E-state index is 11.5. The van der Waals surface area contributed by atoms with Gasteiger partial charge in [0, 0.05) is 12.2 Å². The Bertz CT molecular complexity index is 679. The molecule has 4 nitrogen and oxygen atoms in total. The van der Waals surface area contributed by atoms with Crippen LogP contribution in [0.3, 0.4) is 0 Å². The molecule has 0 radical (unpaired) electrons. The molecule has 1 aliphatic carbocycles. The molecule has 0 aliphatic heterocycles. The maximum Gasteiger partial charge on any atom is 0.339 e. The van der Waals surface area contributed by atoms with Gasteiger partial charge in [0.1, 0.15) is 11.4 Å². The maximum atomic E-state index is 11.5. The molecule has 0 atom stereocenters. The second kappa shape index (κ2) is 5.85. The van der Waals surface area contributed by atoms with Crippen molar-refractivity contribution in [2.24, 2.45) is 0 Å². The second-order valence-corrected chi connectivity index (χ2v) is 6.18. The number of aryl methyl sites for hydroxylation is 3. The number of anilines is 1. The summed E-state index contributed by atoms with van der Waals surface area (Å²) in [4.78, 5) is 16.0. The number of carbonyl (C=O) groups is 1. The number of carboxylic acid groups (broad SMARTS) is 1. The van der Waals surface area contributed by atoms with E-state index < -0.39 is 5.97 Å². The van der Waals surface area contributed by atoms with Gasteiger partial charge in [0.05, 0.1) is 0 Å². The Morgan fingerprint density at radius 1 is 1.38 bits per heavy atom. The summed E-state index contributed by atoms with van der Waals surface area (Å²) in [6.07, 6.45) is 4.14. The van der Waals surface area contributed by atoms with Crippen molar-refractivity contribution in [1.82, 2.24) is 4.98 Å². The summed E-state index contributed by atoms with van der Waals surface area (Å²) in [5.41, 5.74) is 4.84. The fourth-order valence-electron chi connectivity index (χ4n) is 2.68. The molecule has 0 saturated carbocycles. The van der Waals surface area contributed by atoms with Crippen LogP contribution < -0.4 is 5.32 Å². The highest BCUT2D eigenvalue weighted by Gasteiger charge is 2.18. The molecule has 0 spiro atoms. The molecule has 2 aromatic heterocycles. The van der Waals surface area contributed by atoms with E-state index in [0.717, 1.165) is 36.9 Å². The molecule has 0 aromatic carbocycles. The number of nitrogens with zero attached hydrogens (tertiary/aromatic N) is 1. The summed E-state index contributed by atoms with van der Waals surface area (Å²) >= 11 is 1.66. The minimum Gasteiger partial charge on any atom is -0.478 e. The fraction of sp³-hybridized carbons (Fsp3) is 0.375. The highest BCUT2D eigenvalue weighted by Crippen LogP contribution is 2.25. The highest BCUT2D eigenvalue weighted by atomic mass is 32.1. The minimum atomic E-state index is -0.916. The van der Waals surface area contributed by atoms with Crippen molar-refractivity contribution in [3.05, 3.63) is 44.8 Å². The van der Waals surface area contributed by atoms with Gasteiger partial charge in [-0.05, 0) is 66.1 Å². The molecule has 0 bridgehead atoms. The Labute approximate surface area is 127 Å². The van der Waals surface area contributed by atoms with Crippen LogP contribution in [0.2, 0.25) is 0 Å². The van der Waals surface area contributed by atoms with Crippen LogP contribution in [0.5, 0.6) is 0 Å². The van der Waals surface area contributed by atoms with E-state index in [0.29, 0.717) is 12.4 Å². The molecule has 2 aromatic rings. The number of hydrogen-bond acceptors (Lipinski definition) is 4. The van der Waals surface area contributed by atoms with E-state index in [1.54, 1.807) is 17.4 Å². The van der Waals surface area contributed by atoms with Gasteiger partial charge in [0.25, 0.3) is 0 Å². The molecular weight excluding hydrogens is 284 g/mol. The van der Waals surface area contributed by atoms with Crippen molar-refractivity contribution in [3.63, 3.8) is 0 Å². The smallest absolute Gasteiger partial charge is 0.339 e. The van der Waals surface area contributed by atoms with Crippen LogP contribution >= 0.6 is 11.3 Å². The van der Waals surface area contributed by atoms with E-state index in [-0.39, 0.29) is 5.56 Å². The van der Waals surface area contributed by atoms with Crippen LogP contribution in [0.4, 0.5) is 5.82 Å². The zero-order valence-corrected chi connectivity index (χ0v) is 12.8. The minimum absolute atomic E-state index is 0.281. The number of nitrogens with one attached hydrogen (secondary N) is 1. The monoisotopic (exact) mass is 302 g/mol. The van der Waals surface area contributed by atoms with Crippen molar-refractivity contribution in [3.8, 4) is 0 Å². The first-order chi connectivity index (χ1) is 10.1. The van der Waals surface area contributed by atoms with Crippen LogP contribution in [-0.4, -0.2) is 16.1 Å². The third-order valence-corrected chi connectivity index (χ3v) is 4.85. The fourth-order valence-corrected chi connectivity index (χ4v) is 3.54. The lowest BCUT2D eigenvalue weighted by Crippen LogP contribution is -2.14. The zero-order chi connectivity index (χ0) is 14.8. The summed E-state index contributed by atoms with van der Waals surface area (Å²) in [5, 5.41) is 16.8. The topological polar surface area (TPSA) is 62.2 Å². The second-order valence-electron chi connectivity index (χ2n) is 5.44. The average Bonchev–Trinajstić information content (AvgIpc) is 2.89. The van der Waals surface area contributed by atoms with Crippen molar-refractivity contribution < 1.29 is 9.90 Å². The molecular formula is C16H18N2O2S. The molecule has 3 rings (SSSR count). The van der Waals surface area contributed by atoms with Crippen LogP contribution in [-0.2, 0) is 19.4 Å². The van der Waals surface area contributed by atoms with Gasteiger partial charge in [-0.15, -0.1) is 0 Å². The molecule has 0 unspecified atom stereocenters. The normalized spacial score (nSPS) is 13.8. The van der Waals surface area contributed by atoms with Gasteiger partial charge >= 0.3 is 5.97 Å². The van der Waals surface area contributed by atoms with E-state index in [4.69, 9.17) is 0 Å². The summed E-state index contributed by atoms with van der Waals surface area (Å²) in [6, 6.07) is 1.80. The van der Waals surface area contributed by atoms with E-state index in [1.807, 2.05) is 0 Å². The third-order valence-electron chi connectivity index (χ3n) is 3.94. The van der Waals surface area contributed by atoms with Gasteiger partial charge in [-0.3, -0.25) is 0 Å². The lowest BCUT2D eigenvalue weighted by molar-refractivity contribution is 0.0697. The SMILES string of the molecule is Cc1cscc1CNc1nc2c(cc1C(=O)O)CCCC2. The third kappa shape index (κ3) is 2.93. The first-order valence-corrected chi connectivity index (χ1v) is 8.11. The van der Waals surface area contributed by atoms with Crippen molar-refractivity contribution in [1.29, 1.82) is 0 Å². The van der Waals surface area contributed by atoms with Crippen molar-refractivity contribution in [2.75, 3.05) is 5.32 Å². The first-order valence-electron chi connectivity index (χ1n) is 7.17. The zero-order valence-electron chi connectivity index (χ0n) is 12.0. The van der Waals surface area contributed by atoms with Crippen LogP contribution in [0.25, 0.3) is 0 Å². The van der Waals surface area contributed by atoms with Gasteiger partial charge < -0.3 is 10.4 Å². The number of aromatic nitrogens is 1. The molecule has 2 N–H and O–H groups in total. The molecule has 1 aliphatic rings. The van der Waals surface area contributed by atoms with E-state index in [9.17, 15) is 9.90 Å². The quantitative estimate of drug-likeness (QED) is 0.905. The number of rotatable bonds is 4. The molecule has 110 valence electrons. The van der Waals surface area contributed by atoms with Crippen LogP contribution in [0, 0.1) is 6.92 Å². The largest absolute Gasteiger partial charge is 0.478 e. The van der Waals surface area contributed by atoms with Crippen molar-refractivity contribution >= 4 is 23.1 Å². The van der Waals surface area contributed by atoms with E-state index >= 15 is 0 Å². The Morgan fingerprint density at radius 2 is 2.19 bits per heavy atom. The predicted molar refractivity (Wildman–Crippen MR) is 84.2 cm³/mol. The summed E-state index contributed by atoms with van der Waals surface area (Å²) < 4.78 is 0. The number of aromatic carboxylic acids is 1. The predicted octanol–water partition coefficient (Wildman–Crippen LogP) is 3.64. The number of fused-ring (bicyclic) bond motifs is 1. The summed E-state index contributed by atoms with van der Waals surface area (Å²) in [6.45, 7) is 2.67. The van der Waals surface area contributed by atoms with Crippen LogP contribution in [0.1, 0.15) is 45.6 Å². The average molecular weight is 302 g/mol. The number of hydrogen-bond donors (Lipinski definition) is 2. The summed E-state index contributed by atoms with van der Waals surface area (Å²) in [5.74, 6) is -0.422. The molecule has 0 saturated heterocycles. The number of carboxylic acids is 1. The van der Waals surface area contributed by atoms with Gasteiger partial charge in [-0.2, -0.15) is 11.3 Å². The van der Waals surface area contributed by atoms with Gasteiger partial charge in [-0.1, -0.05) is 0 Å². The van der Waals surface area contributed by atoms with Gasteiger partial charge in [0.15, 0.2) is 0 Å². The lowest BCUT2D eigenvalue weighted by atomic mass is 9.94. The highest BCUT2D eigenvalue weighted by molar-refractivity contribution is 7.08. The number of pyridine rings is 1. The molecule has 5 heteroatoms. The van der Waals surface area contributed by atoms with Gasteiger partial charge in [0.2, 0.25) is 0 Å².